The van der Waals surface area contributed by atoms with Crippen molar-refractivity contribution in [2.45, 2.75) is 68.2 Å². The van der Waals surface area contributed by atoms with Gasteiger partial charge in [0, 0.05) is 23.9 Å². The Kier molecular flexibility index (Phi) is 14.6. The maximum atomic E-state index is 4.57. The van der Waals surface area contributed by atoms with Crippen LogP contribution in [0.25, 0.3) is 66.9 Å². The number of fused-ring (bicyclic) bond motifs is 1. The van der Waals surface area contributed by atoms with Crippen LogP contribution < -0.4 is 0 Å². The molecule has 1 unspecified atom stereocenters. The summed E-state index contributed by atoms with van der Waals surface area (Å²) in [7, 11) is 0. The Morgan fingerprint density at radius 2 is 1.17 bits per heavy atom. The second-order valence-electron chi connectivity index (χ2n) is 14.9. The van der Waals surface area contributed by atoms with E-state index in [1.54, 1.807) is 0 Å². The van der Waals surface area contributed by atoms with Gasteiger partial charge in [0.15, 0.2) is 0 Å². The summed E-state index contributed by atoms with van der Waals surface area (Å²) in [5.41, 5.74) is 19.6. The maximum absolute atomic E-state index is 4.57. The first-order valence-electron chi connectivity index (χ1n) is 21.6. The molecule has 0 N–H and O–H groups in total. The summed E-state index contributed by atoms with van der Waals surface area (Å²) in [4.78, 5) is 4.57. The molecule has 1 atom stereocenters. The summed E-state index contributed by atoms with van der Waals surface area (Å²) in [6, 6.07) is 59.9. The van der Waals surface area contributed by atoms with Gasteiger partial charge < -0.3 is 0 Å². The normalized spacial score (nSPS) is 11.9. The number of rotatable bonds is 9. The quantitative estimate of drug-likeness (QED) is 0.142. The fraction of sp³-hybridized carbons (Fsp3) is 0.169. The molecule has 1 nitrogen and oxygen atoms in total. The van der Waals surface area contributed by atoms with E-state index >= 15 is 0 Å². The molecule has 0 aliphatic rings. The predicted octanol–water partition coefficient (Wildman–Crippen LogP) is 17.2. The Morgan fingerprint density at radius 1 is 0.550 bits per heavy atom. The number of hydrogen-bond acceptors (Lipinski definition) is 1. The molecule has 0 amide bonds. The second-order valence-corrected chi connectivity index (χ2v) is 14.9. The summed E-state index contributed by atoms with van der Waals surface area (Å²) in [6.07, 6.45) is 8.26. The van der Waals surface area contributed by atoms with Gasteiger partial charge >= 0.3 is 0 Å². The minimum Gasteiger partial charge on any atom is -0.264 e. The molecule has 0 spiro atoms. The van der Waals surface area contributed by atoms with Gasteiger partial charge in [-0.25, -0.2) is 0 Å². The third kappa shape index (κ3) is 9.33. The van der Waals surface area contributed by atoms with Crippen LogP contribution >= 0.6 is 0 Å². The van der Waals surface area contributed by atoms with Crippen molar-refractivity contribution in [2.75, 3.05) is 0 Å². The van der Waals surface area contributed by atoms with Crippen LogP contribution in [0.2, 0.25) is 0 Å². The molecule has 0 saturated carbocycles. The van der Waals surface area contributed by atoms with Gasteiger partial charge in [-0.1, -0.05) is 180 Å². The fourth-order valence-electron chi connectivity index (χ4n) is 8.17. The highest BCUT2D eigenvalue weighted by Crippen LogP contribution is 2.43. The zero-order valence-corrected chi connectivity index (χ0v) is 36.9. The molecule has 7 aromatic carbocycles. The van der Waals surface area contributed by atoms with Crippen LogP contribution in [0, 0.1) is 13.8 Å². The lowest BCUT2D eigenvalue weighted by atomic mass is 9.80. The van der Waals surface area contributed by atoms with E-state index in [1.165, 1.54) is 88.7 Å². The monoisotopic (exact) mass is 781 g/mol. The lowest BCUT2D eigenvalue weighted by Gasteiger charge is -2.24. The molecule has 60 heavy (non-hydrogen) atoms. The van der Waals surface area contributed by atoms with Crippen molar-refractivity contribution in [3.8, 4) is 44.5 Å². The first-order valence-corrected chi connectivity index (χ1v) is 21.6. The van der Waals surface area contributed by atoms with Crippen LogP contribution in [0.4, 0.5) is 0 Å². The van der Waals surface area contributed by atoms with Crippen molar-refractivity contribution in [3.05, 3.63) is 221 Å². The van der Waals surface area contributed by atoms with Gasteiger partial charge in [0.2, 0.25) is 0 Å². The van der Waals surface area contributed by atoms with Crippen LogP contribution in [0.15, 0.2) is 188 Å². The molecule has 0 saturated heterocycles. The third-order valence-electron chi connectivity index (χ3n) is 11.4. The van der Waals surface area contributed by atoms with E-state index in [0.717, 1.165) is 11.1 Å². The van der Waals surface area contributed by atoms with E-state index in [1.807, 2.05) is 46.2 Å². The van der Waals surface area contributed by atoms with E-state index < -0.39 is 0 Å². The van der Waals surface area contributed by atoms with Crippen molar-refractivity contribution in [1.82, 2.24) is 4.98 Å². The Bertz CT molecular complexity index is 2720. The number of aryl methyl sites for hydroxylation is 2. The topological polar surface area (TPSA) is 12.9 Å². The predicted molar refractivity (Wildman–Crippen MR) is 263 cm³/mol. The summed E-state index contributed by atoms with van der Waals surface area (Å²) < 4.78 is 0. The summed E-state index contributed by atoms with van der Waals surface area (Å²) in [5, 5.41) is 2.52. The molecule has 300 valence electrons. The Morgan fingerprint density at radius 3 is 1.83 bits per heavy atom. The van der Waals surface area contributed by atoms with Gasteiger partial charge in [0.25, 0.3) is 0 Å². The number of hydrogen-bond donors (Lipinski definition) is 0. The van der Waals surface area contributed by atoms with Gasteiger partial charge in [0.05, 0.1) is 0 Å². The first kappa shape index (κ1) is 43.0. The highest BCUT2D eigenvalue weighted by atomic mass is 14.6. The SMILES string of the molecule is C/C=C\c1c(-c2cc(/C(=C(/C)C(C)c3cccc(-c4ccccc4)c3)c3cc(-c4ccccc4)ccc3C)cc(-c3cccnc3)c2)cc2ccccc2c1C.CC.CC. The number of pyridine rings is 1. The summed E-state index contributed by atoms with van der Waals surface area (Å²) in [5.74, 6) is 0.139. The zero-order valence-electron chi connectivity index (χ0n) is 36.9. The maximum Gasteiger partial charge on any atom is 0.0346 e. The van der Waals surface area contributed by atoms with Crippen LogP contribution in [0.5, 0.6) is 0 Å². The van der Waals surface area contributed by atoms with Gasteiger partial charge in [-0.15, -0.1) is 0 Å². The van der Waals surface area contributed by atoms with E-state index in [4.69, 9.17) is 0 Å². The number of aromatic nitrogens is 1. The molecular formula is C59H59N. The Balaban J connectivity index is 0.00000147. The van der Waals surface area contributed by atoms with E-state index in [2.05, 4.69) is 209 Å². The number of benzene rings is 7. The Hall–Kier alpha value is -6.57. The van der Waals surface area contributed by atoms with Gasteiger partial charge in [0.1, 0.15) is 0 Å². The standard InChI is InChI=1S/C55H47N.2C2H6/c1-6-17-52-40(5)51-26-14-13-22-46(51)35-54(52)49-31-48(47-25-16-29-56-36-47)32-50(33-49)55(53-34-45(28-27-37(53)2)42-20-11-8-12-21-42)39(4)38(3)43-23-15-24-44(30-43)41-18-9-7-10-19-41;2*1-2/h6-36,38H,1-5H3;2*1-2H3/b17-6-,55-39+;;. The minimum absolute atomic E-state index is 0.139. The zero-order chi connectivity index (χ0) is 42.6. The highest BCUT2D eigenvalue weighted by molar-refractivity contribution is 5.97. The van der Waals surface area contributed by atoms with Crippen molar-refractivity contribution in [3.63, 3.8) is 0 Å². The van der Waals surface area contributed by atoms with Crippen molar-refractivity contribution in [2.24, 2.45) is 0 Å². The van der Waals surface area contributed by atoms with Gasteiger partial charge in [-0.3, -0.25) is 4.98 Å². The minimum atomic E-state index is 0.139. The molecular weight excluding hydrogens is 723 g/mol. The van der Waals surface area contributed by atoms with Crippen LogP contribution in [0.3, 0.4) is 0 Å². The first-order chi connectivity index (χ1) is 29.4. The van der Waals surface area contributed by atoms with E-state index in [9.17, 15) is 0 Å². The molecule has 0 aliphatic carbocycles. The molecule has 8 rings (SSSR count). The smallest absolute Gasteiger partial charge is 0.0346 e. The molecule has 0 bridgehead atoms. The lowest BCUT2D eigenvalue weighted by Crippen LogP contribution is -2.04. The molecule has 8 aromatic rings. The molecule has 0 radical (unpaired) electrons. The Labute approximate surface area is 359 Å². The lowest BCUT2D eigenvalue weighted by molar-refractivity contribution is 0.897. The highest BCUT2D eigenvalue weighted by Gasteiger charge is 2.21. The third-order valence-corrected chi connectivity index (χ3v) is 11.4. The number of nitrogens with zero attached hydrogens (tertiary/aromatic N) is 1. The van der Waals surface area contributed by atoms with E-state index in [0.29, 0.717) is 0 Å². The molecule has 1 heterocycles. The van der Waals surface area contributed by atoms with Crippen molar-refractivity contribution in [1.29, 1.82) is 0 Å². The van der Waals surface area contributed by atoms with E-state index in [-0.39, 0.29) is 5.92 Å². The molecule has 0 aliphatic heterocycles. The molecule has 1 heteroatoms. The fourth-order valence-corrected chi connectivity index (χ4v) is 8.17. The van der Waals surface area contributed by atoms with Crippen LogP contribution in [-0.4, -0.2) is 4.98 Å². The summed E-state index contributed by atoms with van der Waals surface area (Å²) in [6.45, 7) is 19.3. The second kappa shape index (κ2) is 20.4. The van der Waals surface area contributed by atoms with Crippen LogP contribution in [0.1, 0.15) is 87.8 Å². The van der Waals surface area contributed by atoms with Crippen LogP contribution in [-0.2, 0) is 0 Å². The van der Waals surface area contributed by atoms with Gasteiger partial charge in [-0.2, -0.15) is 0 Å². The molecule has 0 fully saturated rings. The average Bonchev–Trinajstić information content (AvgIpc) is 3.32. The van der Waals surface area contributed by atoms with Crippen molar-refractivity contribution >= 4 is 22.4 Å². The van der Waals surface area contributed by atoms with Gasteiger partial charge in [-0.05, 0) is 153 Å². The summed E-state index contributed by atoms with van der Waals surface area (Å²) >= 11 is 0. The average molecular weight is 782 g/mol. The molecule has 1 aromatic heterocycles. The van der Waals surface area contributed by atoms with Crippen molar-refractivity contribution < 1.29 is 0 Å². The largest absolute Gasteiger partial charge is 0.264 e. The number of allylic oxidation sites excluding steroid dienone is 2.